The maximum absolute atomic E-state index is 11.8. The standard InChI is InChI=1S/C23H38O2S/c1-4-6-13-20(5-2)14-11-8-12-17-26-19-23(3,22(24)25)18-21-15-9-7-10-16-21/h7,9-10,15-16,20H,4-6,8,11-14,17-19H2,1-3H3,(H,24,25). The van der Waals surface area contributed by atoms with Gasteiger partial charge in [0.15, 0.2) is 0 Å². The molecule has 1 aromatic carbocycles. The number of thioether (sulfide) groups is 1. The first-order valence-corrected chi connectivity index (χ1v) is 11.5. The number of benzene rings is 1. The molecule has 1 rings (SSSR count). The zero-order valence-corrected chi connectivity index (χ0v) is 17.8. The van der Waals surface area contributed by atoms with Crippen molar-refractivity contribution in [1.29, 1.82) is 0 Å². The predicted molar refractivity (Wildman–Crippen MR) is 115 cm³/mol. The van der Waals surface area contributed by atoms with Gasteiger partial charge in [0.1, 0.15) is 0 Å². The number of hydrogen-bond donors (Lipinski definition) is 1. The van der Waals surface area contributed by atoms with E-state index in [0.717, 1.165) is 17.2 Å². The number of carbonyl (C=O) groups is 1. The van der Waals surface area contributed by atoms with Crippen LogP contribution in [0.15, 0.2) is 30.3 Å². The smallest absolute Gasteiger partial charge is 0.310 e. The molecule has 0 aliphatic carbocycles. The summed E-state index contributed by atoms with van der Waals surface area (Å²) in [4.78, 5) is 11.8. The van der Waals surface area contributed by atoms with E-state index in [1.54, 1.807) is 11.8 Å². The number of rotatable bonds is 15. The van der Waals surface area contributed by atoms with Crippen LogP contribution < -0.4 is 0 Å². The Balaban J connectivity index is 2.24. The summed E-state index contributed by atoms with van der Waals surface area (Å²) in [7, 11) is 0. The largest absolute Gasteiger partial charge is 0.481 e. The van der Waals surface area contributed by atoms with Crippen molar-refractivity contribution < 1.29 is 9.90 Å². The van der Waals surface area contributed by atoms with Crippen molar-refractivity contribution in [3.63, 3.8) is 0 Å². The SMILES string of the molecule is CCCCC(CC)CCCCCSCC(C)(Cc1ccccc1)C(=O)O. The molecule has 0 radical (unpaired) electrons. The van der Waals surface area contributed by atoms with Gasteiger partial charge in [-0.25, -0.2) is 0 Å². The molecule has 0 spiro atoms. The molecule has 26 heavy (non-hydrogen) atoms. The van der Waals surface area contributed by atoms with Crippen LogP contribution in [-0.4, -0.2) is 22.6 Å². The Kier molecular flexibility index (Phi) is 11.8. The highest BCUT2D eigenvalue weighted by Gasteiger charge is 2.33. The van der Waals surface area contributed by atoms with Gasteiger partial charge < -0.3 is 5.11 Å². The fraction of sp³-hybridized carbons (Fsp3) is 0.696. The summed E-state index contributed by atoms with van der Waals surface area (Å²) in [6.45, 7) is 6.47. The van der Waals surface area contributed by atoms with Crippen LogP contribution in [0.2, 0.25) is 0 Å². The first kappa shape index (κ1) is 23.1. The predicted octanol–water partition coefficient (Wildman–Crippen LogP) is 6.83. The minimum atomic E-state index is -0.685. The van der Waals surface area contributed by atoms with Crippen LogP contribution in [0.4, 0.5) is 0 Å². The van der Waals surface area contributed by atoms with Crippen LogP contribution in [0.5, 0.6) is 0 Å². The van der Waals surface area contributed by atoms with Crippen LogP contribution in [0.1, 0.15) is 77.7 Å². The lowest BCUT2D eigenvalue weighted by atomic mass is 9.86. The molecule has 0 heterocycles. The van der Waals surface area contributed by atoms with E-state index in [1.807, 2.05) is 37.3 Å². The average Bonchev–Trinajstić information content (AvgIpc) is 2.64. The Morgan fingerprint density at radius 1 is 1.08 bits per heavy atom. The summed E-state index contributed by atoms with van der Waals surface area (Å²) in [5.74, 6) is 1.98. The van der Waals surface area contributed by atoms with Crippen molar-refractivity contribution in [3.05, 3.63) is 35.9 Å². The second-order valence-corrected chi connectivity index (χ2v) is 8.95. The highest BCUT2D eigenvalue weighted by Crippen LogP contribution is 2.28. The molecule has 2 unspecified atom stereocenters. The van der Waals surface area contributed by atoms with E-state index in [-0.39, 0.29) is 0 Å². The summed E-state index contributed by atoms with van der Waals surface area (Å²) in [6, 6.07) is 9.98. The molecule has 0 fully saturated rings. The molecule has 0 aliphatic heterocycles. The second-order valence-electron chi connectivity index (χ2n) is 7.85. The summed E-state index contributed by atoms with van der Waals surface area (Å²) >= 11 is 1.81. The first-order chi connectivity index (χ1) is 12.5. The van der Waals surface area contributed by atoms with Crippen molar-refractivity contribution in [2.75, 3.05) is 11.5 Å². The summed E-state index contributed by atoms with van der Waals surface area (Å²) in [5, 5.41) is 9.68. The molecule has 3 heteroatoms. The molecule has 0 saturated heterocycles. The van der Waals surface area contributed by atoms with E-state index in [2.05, 4.69) is 13.8 Å². The first-order valence-electron chi connectivity index (χ1n) is 10.4. The van der Waals surface area contributed by atoms with Gasteiger partial charge in [0, 0.05) is 5.75 Å². The number of aliphatic carboxylic acids is 1. The molecule has 0 saturated carbocycles. The lowest BCUT2D eigenvalue weighted by molar-refractivity contribution is -0.146. The van der Waals surface area contributed by atoms with Crippen LogP contribution in [0, 0.1) is 11.3 Å². The number of hydrogen-bond acceptors (Lipinski definition) is 2. The van der Waals surface area contributed by atoms with Gasteiger partial charge in [0.2, 0.25) is 0 Å². The zero-order chi connectivity index (χ0) is 19.3. The maximum Gasteiger partial charge on any atom is 0.310 e. The Hall–Kier alpha value is -0.960. The molecule has 0 bridgehead atoms. The molecule has 0 amide bonds. The number of carboxylic acids is 1. The molecular formula is C23H38O2S. The van der Waals surface area contributed by atoms with Crippen LogP contribution >= 0.6 is 11.8 Å². The molecular weight excluding hydrogens is 340 g/mol. The van der Waals surface area contributed by atoms with Crippen molar-refractivity contribution in [3.8, 4) is 0 Å². The van der Waals surface area contributed by atoms with Crippen molar-refractivity contribution in [1.82, 2.24) is 0 Å². The topological polar surface area (TPSA) is 37.3 Å². The van der Waals surface area contributed by atoms with Gasteiger partial charge in [-0.3, -0.25) is 4.79 Å². The highest BCUT2D eigenvalue weighted by molar-refractivity contribution is 7.99. The van der Waals surface area contributed by atoms with Crippen molar-refractivity contribution in [2.24, 2.45) is 11.3 Å². The fourth-order valence-electron chi connectivity index (χ4n) is 3.39. The van der Waals surface area contributed by atoms with Gasteiger partial charge in [-0.15, -0.1) is 0 Å². The minimum absolute atomic E-state index is 0.603. The van der Waals surface area contributed by atoms with Crippen LogP contribution in [0.3, 0.4) is 0 Å². The third kappa shape index (κ3) is 9.12. The van der Waals surface area contributed by atoms with Gasteiger partial charge >= 0.3 is 5.97 Å². The van der Waals surface area contributed by atoms with E-state index in [0.29, 0.717) is 12.2 Å². The van der Waals surface area contributed by atoms with Crippen molar-refractivity contribution >= 4 is 17.7 Å². The summed E-state index contributed by atoms with van der Waals surface area (Å²) in [5.41, 5.74) is 0.426. The van der Waals surface area contributed by atoms with E-state index in [4.69, 9.17) is 0 Å². The van der Waals surface area contributed by atoms with Gasteiger partial charge in [-0.2, -0.15) is 11.8 Å². The normalized spacial score (nSPS) is 14.7. The Morgan fingerprint density at radius 2 is 1.77 bits per heavy atom. The highest BCUT2D eigenvalue weighted by atomic mass is 32.2. The maximum atomic E-state index is 11.8. The van der Waals surface area contributed by atoms with Crippen LogP contribution in [0.25, 0.3) is 0 Å². The van der Waals surface area contributed by atoms with Crippen LogP contribution in [-0.2, 0) is 11.2 Å². The Bertz CT molecular complexity index is 488. The zero-order valence-electron chi connectivity index (χ0n) is 17.0. The monoisotopic (exact) mass is 378 g/mol. The third-order valence-electron chi connectivity index (χ3n) is 5.32. The van der Waals surface area contributed by atoms with E-state index in [1.165, 1.54) is 51.4 Å². The minimum Gasteiger partial charge on any atom is -0.481 e. The molecule has 0 aliphatic rings. The van der Waals surface area contributed by atoms with E-state index in [9.17, 15) is 9.90 Å². The lowest BCUT2D eigenvalue weighted by Crippen LogP contribution is -2.32. The molecule has 1 N–H and O–H groups in total. The van der Waals surface area contributed by atoms with Gasteiger partial charge in [0.25, 0.3) is 0 Å². The molecule has 1 aromatic rings. The summed E-state index contributed by atoms with van der Waals surface area (Å²) < 4.78 is 0. The summed E-state index contributed by atoms with van der Waals surface area (Å²) in [6.07, 6.45) is 11.1. The second kappa shape index (κ2) is 13.2. The number of unbranched alkanes of at least 4 members (excludes halogenated alkanes) is 3. The molecule has 2 nitrogen and oxygen atoms in total. The average molecular weight is 379 g/mol. The Labute approximate surface area is 165 Å². The third-order valence-corrected chi connectivity index (χ3v) is 6.74. The number of carboxylic acid groups (broad SMARTS) is 1. The fourth-order valence-corrected chi connectivity index (χ4v) is 4.62. The molecule has 148 valence electrons. The van der Waals surface area contributed by atoms with Gasteiger partial charge in [-0.1, -0.05) is 89.1 Å². The van der Waals surface area contributed by atoms with Gasteiger partial charge in [-0.05, 0) is 37.0 Å². The molecule has 2 atom stereocenters. The Morgan fingerprint density at radius 3 is 2.38 bits per heavy atom. The quantitative estimate of drug-likeness (QED) is 0.340. The molecule has 0 aromatic heterocycles. The van der Waals surface area contributed by atoms with Gasteiger partial charge in [0.05, 0.1) is 5.41 Å². The van der Waals surface area contributed by atoms with E-state index < -0.39 is 11.4 Å². The van der Waals surface area contributed by atoms with Crippen molar-refractivity contribution in [2.45, 2.75) is 78.6 Å². The lowest BCUT2D eigenvalue weighted by Gasteiger charge is -2.24. The van der Waals surface area contributed by atoms with E-state index >= 15 is 0 Å².